The number of allylic oxidation sites excluding steroid dienone is 1. The van der Waals surface area contributed by atoms with E-state index in [4.69, 9.17) is 21.1 Å². The van der Waals surface area contributed by atoms with E-state index in [1.165, 1.54) is 0 Å². The van der Waals surface area contributed by atoms with Crippen molar-refractivity contribution in [2.75, 3.05) is 6.61 Å². The Balaban J connectivity index is 2.21. The summed E-state index contributed by atoms with van der Waals surface area (Å²) in [5.74, 6) is -0.309. The number of halogens is 1. The van der Waals surface area contributed by atoms with Crippen LogP contribution in [0.2, 0.25) is 5.02 Å². The maximum Gasteiger partial charge on any atom is 0.311 e. The van der Waals surface area contributed by atoms with Crippen molar-refractivity contribution in [2.24, 2.45) is 0 Å². The summed E-state index contributed by atoms with van der Waals surface area (Å²) in [7, 11) is 0. The molecule has 0 heterocycles. The van der Waals surface area contributed by atoms with Crippen molar-refractivity contribution in [1.29, 1.82) is 0 Å². The molecule has 21 heavy (non-hydrogen) atoms. The third-order valence-corrected chi connectivity index (χ3v) is 2.76. The zero-order valence-corrected chi connectivity index (χ0v) is 13.0. The lowest BCUT2D eigenvalue weighted by Gasteiger charge is -2.05. The second-order valence-electron chi connectivity index (χ2n) is 4.75. The molecular formula is C16H19ClO4. The van der Waals surface area contributed by atoms with Crippen molar-refractivity contribution in [3.05, 3.63) is 40.9 Å². The van der Waals surface area contributed by atoms with E-state index in [2.05, 4.69) is 0 Å². The Labute approximate surface area is 129 Å². The number of carbonyl (C=O) groups excluding carboxylic acids is 2. The Morgan fingerprint density at radius 2 is 1.90 bits per heavy atom. The van der Waals surface area contributed by atoms with Crippen LogP contribution < -0.4 is 4.74 Å². The minimum Gasteiger partial charge on any atom is -0.461 e. The number of esters is 2. The van der Waals surface area contributed by atoms with Crippen LogP contribution in [0.25, 0.3) is 0 Å². The molecule has 0 radical (unpaired) electrons. The van der Waals surface area contributed by atoms with Crippen LogP contribution in [0, 0.1) is 0 Å². The van der Waals surface area contributed by atoms with Gasteiger partial charge in [-0.3, -0.25) is 9.59 Å². The Kier molecular flexibility index (Phi) is 7.54. The van der Waals surface area contributed by atoms with Gasteiger partial charge < -0.3 is 9.47 Å². The van der Waals surface area contributed by atoms with Gasteiger partial charge in [0.05, 0.1) is 0 Å². The molecule has 0 unspecified atom stereocenters. The number of carbonyl (C=O) groups is 2. The highest BCUT2D eigenvalue weighted by atomic mass is 35.5. The molecule has 0 N–H and O–H groups in total. The number of benzene rings is 1. The van der Waals surface area contributed by atoms with Gasteiger partial charge in [0, 0.05) is 17.9 Å². The molecule has 0 aliphatic carbocycles. The summed E-state index contributed by atoms with van der Waals surface area (Å²) in [6.07, 6.45) is 2.57. The van der Waals surface area contributed by atoms with Crippen LogP contribution >= 0.6 is 11.6 Å². The third kappa shape index (κ3) is 8.15. The van der Waals surface area contributed by atoms with E-state index in [9.17, 15) is 9.59 Å². The highest BCUT2D eigenvalue weighted by Gasteiger charge is 2.08. The van der Waals surface area contributed by atoms with Crippen LogP contribution in [0.4, 0.5) is 0 Å². The summed E-state index contributed by atoms with van der Waals surface area (Å²) in [5.41, 5.74) is 1.09. The minimum absolute atomic E-state index is 0.157. The molecular weight excluding hydrogens is 292 g/mol. The van der Waals surface area contributed by atoms with Crippen molar-refractivity contribution in [3.63, 3.8) is 0 Å². The van der Waals surface area contributed by atoms with Gasteiger partial charge in [0.15, 0.2) is 0 Å². The van der Waals surface area contributed by atoms with Gasteiger partial charge in [-0.15, -0.1) is 0 Å². The molecule has 0 aliphatic rings. The topological polar surface area (TPSA) is 52.6 Å². The number of ether oxygens (including phenoxy) is 2. The average Bonchev–Trinajstić information content (AvgIpc) is 2.38. The summed E-state index contributed by atoms with van der Waals surface area (Å²) in [6.45, 7) is 4.13. The fourth-order valence-corrected chi connectivity index (χ4v) is 1.64. The van der Waals surface area contributed by atoms with Gasteiger partial charge in [0.2, 0.25) is 0 Å². The summed E-state index contributed by atoms with van der Waals surface area (Å²) in [5, 5.41) is 0.503. The summed E-state index contributed by atoms with van der Waals surface area (Å²) >= 11 is 5.79. The van der Waals surface area contributed by atoms with E-state index < -0.39 is 5.97 Å². The molecule has 1 aromatic carbocycles. The van der Waals surface area contributed by atoms with E-state index in [0.717, 1.165) is 5.57 Å². The molecule has 0 saturated heterocycles. The molecule has 1 rings (SSSR count). The van der Waals surface area contributed by atoms with Crippen LogP contribution in [0.5, 0.6) is 5.75 Å². The SMILES string of the molecule is CC(C)=CCOC(=O)CCCC(=O)Oc1cccc(Cl)c1. The molecule has 1 aromatic rings. The molecule has 5 heteroatoms. The van der Waals surface area contributed by atoms with Crippen LogP contribution in [0.1, 0.15) is 33.1 Å². The van der Waals surface area contributed by atoms with Crippen molar-refractivity contribution >= 4 is 23.5 Å². The first-order valence-corrected chi connectivity index (χ1v) is 7.10. The van der Waals surface area contributed by atoms with E-state index in [0.29, 0.717) is 17.2 Å². The van der Waals surface area contributed by atoms with E-state index in [1.807, 2.05) is 19.9 Å². The quantitative estimate of drug-likeness (QED) is 0.435. The minimum atomic E-state index is -0.394. The Morgan fingerprint density at radius 1 is 1.19 bits per heavy atom. The maximum absolute atomic E-state index is 11.6. The zero-order valence-electron chi connectivity index (χ0n) is 12.2. The van der Waals surface area contributed by atoms with E-state index >= 15 is 0 Å². The van der Waals surface area contributed by atoms with Gasteiger partial charge in [-0.1, -0.05) is 23.2 Å². The average molecular weight is 311 g/mol. The second-order valence-corrected chi connectivity index (χ2v) is 5.19. The standard InChI is InChI=1S/C16H19ClO4/c1-12(2)9-10-20-15(18)7-4-8-16(19)21-14-6-3-5-13(17)11-14/h3,5-6,9,11H,4,7-8,10H2,1-2H3. The van der Waals surface area contributed by atoms with Gasteiger partial charge in [0.25, 0.3) is 0 Å². The molecule has 0 amide bonds. The second kappa shape index (κ2) is 9.19. The highest BCUT2D eigenvalue weighted by Crippen LogP contribution is 2.17. The van der Waals surface area contributed by atoms with E-state index in [1.54, 1.807) is 24.3 Å². The summed E-state index contributed by atoms with van der Waals surface area (Å²) in [6, 6.07) is 6.61. The fourth-order valence-electron chi connectivity index (χ4n) is 1.46. The molecule has 4 nitrogen and oxygen atoms in total. The smallest absolute Gasteiger partial charge is 0.311 e. The molecule has 0 saturated carbocycles. The van der Waals surface area contributed by atoms with Crippen molar-refractivity contribution in [1.82, 2.24) is 0 Å². The Hall–Kier alpha value is -1.81. The first-order valence-electron chi connectivity index (χ1n) is 6.72. The normalized spacial score (nSPS) is 9.86. The first-order chi connectivity index (χ1) is 9.97. The first kappa shape index (κ1) is 17.2. The van der Waals surface area contributed by atoms with Gasteiger partial charge in [0.1, 0.15) is 12.4 Å². The number of rotatable bonds is 7. The van der Waals surface area contributed by atoms with E-state index in [-0.39, 0.29) is 25.4 Å². The fraction of sp³-hybridized carbons (Fsp3) is 0.375. The largest absolute Gasteiger partial charge is 0.461 e. The van der Waals surface area contributed by atoms with Crippen molar-refractivity contribution < 1.29 is 19.1 Å². The van der Waals surface area contributed by atoms with Gasteiger partial charge in [-0.2, -0.15) is 0 Å². The van der Waals surface area contributed by atoms with Crippen molar-refractivity contribution in [2.45, 2.75) is 33.1 Å². The van der Waals surface area contributed by atoms with Gasteiger partial charge >= 0.3 is 11.9 Å². The molecule has 0 aromatic heterocycles. The summed E-state index contributed by atoms with van der Waals surface area (Å²) < 4.78 is 10.1. The lowest BCUT2D eigenvalue weighted by Crippen LogP contribution is -2.10. The molecule has 0 aliphatic heterocycles. The van der Waals surface area contributed by atoms with Crippen LogP contribution in [-0.4, -0.2) is 18.5 Å². The lowest BCUT2D eigenvalue weighted by molar-refractivity contribution is -0.142. The van der Waals surface area contributed by atoms with Crippen LogP contribution in [0.15, 0.2) is 35.9 Å². The number of hydrogen-bond acceptors (Lipinski definition) is 4. The predicted octanol–water partition coefficient (Wildman–Crippen LogP) is 3.93. The molecule has 114 valence electrons. The third-order valence-electron chi connectivity index (χ3n) is 2.53. The van der Waals surface area contributed by atoms with Crippen molar-refractivity contribution in [3.8, 4) is 5.75 Å². The molecule has 0 bridgehead atoms. The molecule has 0 fully saturated rings. The van der Waals surface area contributed by atoms with Gasteiger partial charge in [-0.05, 0) is 44.5 Å². The zero-order chi connectivity index (χ0) is 15.7. The van der Waals surface area contributed by atoms with Gasteiger partial charge in [-0.25, -0.2) is 0 Å². The Bertz CT molecular complexity index is 519. The monoisotopic (exact) mass is 310 g/mol. The lowest BCUT2D eigenvalue weighted by atomic mass is 10.2. The highest BCUT2D eigenvalue weighted by molar-refractivity contribution is 6.30. The molecule has 0 atom stereocenters. The van der Waals surface area contributed by atoms with Crippen LogP contribution in [0.3, 0.4) is 0 Å². The Morgan fingerprint density at radius 3 is 2.57 bits per heavy atom. The predicted molar refractivity (Wildman–Crippen MR) is 81.3 cm³/mol. The maximum atomic E-state index is 11.6. The number of hydrogen-bond donors (Lipinski definition) is 0. The van der Waals surface area contributed by atoms with Crippen LogP contribution in [-0.2, 0) is 14.3 Å². The summed E-state index contributed by atoms with van der Waals surface area (Å²) in [4.78, 5) is 23.0. The molecule has 0 spiro atoms.